The van der Waals surface area contributed by atoms with Gasteiger partial charge in [0.25, 0.3) is 0 Å². The number of rotatable bonds is 20. The molecule has 3 rings (SSSR count). The molecule has 1 N–H and O–H groups in total. The summed E-state index contributed by atoms with van der Waals surface area (Å²) in [4.78, 5) is 33.5. The average Bonchev–Trinajstić information content (AvgIpc) is 3.92. The summed E-state index contributed by atoms with van der Waals surface area (Å²) in [5.41, 5.74) is 0. The molecular formula is C49H100Cl2N6O5Si. The number of likely N-dealkylation sites (tertiary alicyclic amines) is 2. The Kier molecular flexibility index (Phi) is 46.4. The molecule has 0 spiro atoms. The molecule has 0 aromatic heterocycles. The van der Waals surface area contributed by atoms with Gasteiger partial charge in [0.2, 0.25) is 0 Å². The van der Waals surface area contributed by atoms with Crippen molar-refractivity contribution in [3.63, 3.8) is 0 Å². The molecule has 0 bridgehead atoms. The Hall–Kier alpha value is -1.58. The molecule has 14 heteroatoms. The summed E-state index contributed by atoms with van der Waals surface area (Å²) in [5.74, 6) is 3.49. The number of nitrogens with zero attached hydrogens (tertiary/aromatic N) is 5. The third-order valence-corrected chi connectivity index (χ3v) is 12.6. The molecule has 0 aliphatic carbocycles. The van der Waals surface area contributed by atoms with E-state index in [1.165, 1.54) is 91.9 Å². The third kappa shape index (κ3) is 35.3. The molecule has 3 aliphatic heterocycles. The van der Waals surface area contributed by atoms with E-state index >= 15 is 0 Å². The fourth-order valence-corrected chi connectivity index (χ4v) is 9.27. The first-order chi connectivity index (χ1) is 29.4. The van der Waals surface area contributed by atoms with Crippen LogP contribution < -0.4 is 5.32 Å². The van der Waals surface area contributed by atoms with Crippen LogP contribution in [0.2, 0.25) is 19.6 Å². The minimum absolute atomic E-state index is 0. The molecule has 11 nitrogen and oxygen atoms in total. The van der Waals surface area contributed by atoms with Crippen LogP contribution in [0.25, 0.3) is 0 Å². The van der Waals surface area contributed by atoms with Gasteiger partial charge in [-0.05, 0) is 81.9 Å². The Bertz CT molecular complexity index is 1160. The first-order valence-corrected chi connectivity index (χ1v) is 27.7. The monoisotopic (exact) mass is 951 g/mol. The fraction of sp³-hybridized carbons (Fsp3) is 0.796. The number of allylic oxidation sites excluding steroid dienone is 1. The van der Waals surface area contributed by atoms with Gasteiger partial charge in [-0.2, -0.15) is 0 Å². The van der Waals surface area contributed by atoms with E-state index in [1.807, 2.05) is 18.2 Å². The molecule has 3 heterocycles. The molecule has 374 valence electrons. The molecule has 3 saturated heterocycles. The van der Waals surface area contributed by atoms with Crippen molar-refractivity contribution in [2.75, 3.05) is 138 Å². The average molecular weight is 952 g/mol. The number of alkyl halides is 2. The number of carbonyl (C=O) groups excluding carboxylic acids is 2. The van der Waals surface area contributed by atoms with Crippen LogP contribution in [0.3, 0.4) is 0 Å². The smallest absolute Gasteiger partial charge is 0.330 e. The summed E-state index contributed by atoms with van der Waals surface area (Å²) in [6.07, 6.45) is 9.98. The lowest BCUT2D eigenvalue weighted by Gasteiger charge is -2.26. The van der Waals surface area contributed by atoms with Crippen LogP contribution in [-0.4, -0.2) is 182 Å². The van der Waals surface area contributed by atoms with Gasteiger partial charge >= 0.3 is 11.9 Å². The minimum atomic E-state index is -0.997. The van der Waals surface area contributed by atoms with Crippen LogP contribution in [0, 0.1) is 35.5 Å². The van der Waals surface area contributed by atoms with E-state index in [4.69, 9.17) is 32.7 Å². The van der Waals surface area contributed by atoms with Gasteiger partial charge in [-0.1, -0.05) is 99.8 Å². The van der Waals surface area contributed by atoms with Crippen molar-refractivity contribution in [3.05, 3.63) is 50.1 Å². The molecule has 63 heavy (non-hydrogen) atoms. The lowest BCUT2D eigenvalue weighted by molar-refractivity contribution is -0.146. The lowest BCUT2D eigenvalue weighted by atomic mass is 9.98. The molecule has 6 atom stereocenters. The predicted octanol–water partition coefficient (Wildman–Crippen LogP) is 8.93. The zero-order valence-electron chi connectivity index (χ0n) is 42.2. The van der Waals surface area contributed by atoms with Gasteiger partial charge in [0, 0.05) is 72.1 Å². The predicted molar refractivity (Wildman–Crippen MR) is 279 cm³/mol. The number of nitrogens with one attached hydrogen (secondary N) is 1. The van der Waals surface area contributed by atoms with E-state index in [-0.39, 0.29) is 30.6 Å². The number of hydrogen-bond donors (Lipinski definition) is 1. The Morgan fingerprint density at radius 1 is 0.730 bits per heavy atom. The van der Waals surface area contributed by atoms with E-state index in [0.717, 1.165) is 63.1 Å². The maximum atomic E-state index is 11.3. The van der Waals surface area contributed by atoms with E-state index < -0.39 is 8.07 Å². The normalized spacial score (nSPS) is 21.8. The standard InChI is InChI=1S/C13H26N2.C10H22N2.C10H17NO2.C9H21NOSi.C5H8O2.CH2Cl2.CH4/c1-5-8-15-9-12(4)13(11-15)10-14(6-2)7-3;1-4-12(5-2)8-10-7-11-6-9(10)3;1-4-5-11-6-8(2)9(7-11)10(12)13-3;1-6-7-10(8-11-2)9-12(3,4)5;1-3-4-5(6)7-2;2-1-3;/h5,12-13H,1,6-11H2,2-4H3;9-11H,4-8H2,1-3H3;4,8-9H,1,5-7H2,2-3H3;6H,1,7-9H2,2-5H3;3-4H,1-2H3;1H2;1H4/b;;;;4-3+;;. The van der Waals surface area contributed by atoms with Gasteiger partial charge in [0.1, 0.15) is 0 Å². The maximum absolute atomic E-state index is 11.3. The zero-order valence-corrected chi connectivity index (χ0v) is 44.7. The van der Waals surface area contributed by atoms with Crippen LogP contribution in [-0.2, 0) is 23.8 Å². The van der Waals surface area contributed by atoms with Gasteiger partial charge in [0.05, 0.1) is 40.3 Å². The highest BCUT2D eigenvalue weighted by atomic mass is 35.5. The molecule has 0 aromatic carbocycles. The van der Waals surface area contributed by atoms with Crippen LogP contribution in [0.4, 0.5) is 0 Å². The summed E-state index contributed by atoms with van der Waals surface area (Å²) in [7, 11) is 3.54. The summed E-state index contributed by atoms with van der Waals surface area (Å²) < 4.78 is 14.1. The first kappa shape index (κ1) is 68.0. The number of esters is 2. The van der Waals surface area contributed by atoms with Crippen molar-refractivity contribution in [3.8, 4) is 0 Å². The van der Waals surface area contributed by atoms with Crippen LogP contribution >= 0.6 is 23.2 Å². The fourth-order valence-electron chi connectivity index (χ4n) is 7.71. The van der Waals surface area contributed by atoms with Gasteiger partial charge in [-0.25, -0.2) is 4.79 Å². The van der Waals surface area contributed by atoms with Crippen molar-refractivity contribution >= 4 is 43.2 Å². The molecule has 0 saturated carbocycles. The number of ether oxygens (including phenoxy) is 3. The molecule has 3 aliphatic rings. The third-order valence-electron chi connectivity index (χ3n) is 11.2. The quantitative estimate of drug-likeness (QED) is 0.0317. The van der Waals surface area contributed by atoms with Crippen molar-refractivity contribution in [2.24, 2.45) is 35.5 Å². The number of methoxy groups -OCH3 is 3. The van der Waals surface area contributed by atoms with Crippen molar-refractivity contribution in [2.45, 2.75) is 82.5 Å². The highest BCUT2D eigenvalue weighted by Gasteiger charge is 2.35. The second kappa shape index (κ2) is 43.0. The van der Waals surface area contributed by atoms with Gasteiger partial charge < -0.3 is 29.3 Å². The van der Waals surface area contributed by atoms with Crippen molar-refractivity contribution < 1.29 is 23.8 Å². The van der Waals surface area contributed by atoms with Gasteiger partial charge in [0.15, 0.2) is 0 Å². The van der Waals surface area contributed by atoms with Crippen molar-refractivity contribution in [1.82, 2.24) is 29.8 Å². The molecule has 3 fully saturated rings. The van der Waals surface area contributed by atoms with Crippen LogP contribution in [0.15, 0.2) is 50.1 Å². The molecule has 0 amide bonds. The van der Waals surface area contributed by atoms with Gasteiger partial charge in [-0.15, -0.1) is 42.9 Å². The van der Waals surface area contributed by atoms with Gasteiger partial charge in [-0.3, -0.25) is 19.5 Å². The zero-order chi connectivity index (χ0) is 48.1. The summed E-state index contributed by atoms with van der Waals surface area (Å²) in [5, 5.41) is 3.64. The second-order valence-electron chi connectivity index (χ2n) is 17.6. The second-order valence-corrected chi connectivity index (χ2v) is 23.9. The van der Waals surface area contributed by atoms with E-state index in [0.29, 0.717) is 5.92 Å². The molecular weight excluding hydrogens is 852 g/mol. The SMILES string of the molecule is C.C/C=C/C(=O)OC.C=CCN(COC)C[Si](C)(C)C.C=CCN1CC(C)C(C(=O)OC)C1.C=CCN1CC(C)C(CN(CC)CC)C1.CCN(CC)CC1CNCC1C.ClCCl. The van der Waals surface area contributed by atoms with E-state index in [2.05, 4.69) is 122 Å². The summed E-state index contributed by atoms with van der Waals surface area (Å²) in [6, 6.07) is 0. The Morgan fingerprint density at radius 3 is 1.59 bits per heavy atom. The molecule has 6 unspecified atom stereocenters. The van der Waals surface area contributed by atoms with E-state index in [1.54, 1.807) is 20.1 Å². The highest BCUT2D eigenvalue weighted by molar-refractivity contribution is 6.76. The van der Waals surface area contributed by atoms with E-state index in [9.17, 15) is 9.59 Å². The highest BCUT2D eigenvalue weighted by Crippen LogP contribution is 2.24. The topological polar surface area (TPSA) is 90.1 Å². The van der Waals surface area contributed by atoms with Crippen LogP contribution in [0.5, 0.6) is 0 Å². The molecule has 0 aromatic rings. The van der Waals surface area contributed by atoms with Crippen molar-refractivity contribution in [1.29, 1.82) is 0 Å². The summed E-state index contributed by atoms with van der Waals surface area (Å²) >= 11 is 9.53. The Balaban J connectivity index is -0.000000343. The van der Waals surface area contributed by atoms with Crippen LogP contribution in [0.1, 0.15) is 62.8 Å². The Morgan fingerprint density at radius 2 is 1.22 bits per heavy atom. The first-order valence-electron chi connectivity index (χ1n) is 22.9. The number of carbonyl (C=O) groups is 2. The number of halogens is 2. The lowest BCUT2D eigenvalue weighted by Crippen LogP contribution is -2.41. The maximum Gasteiger partial charge on any atom is 0.330 e. The molecule has 0 radical (unpaired) electrons. The summed E-state index contributed by atoms with van der Waals surface area (Å²) in [6.45, 7) is 53.5. The minimum Gasteiger partial charge on any atom is -0.469 e. The largest absolute Gasteiger partial charge is 0.469 e. The number of hydrogen-bond acceptors (Lipinski definition) is 11. The Labute approximate surface area is 401 Å².